The maximum atomic E-state index is 4.59. The Balaban J connectivity index is 0.00000264. The number of hydrogen-bond donors (Lipinski definition) is 2. The summed E-state index contributed by atoms with van der Waals surface area (Å²) >= 11 is 0. The first-order chi connectivity index (χ1) is 10.9. The Morgan fingerprint density at radius 2 is 1.78 bits per heavy atom. The van der Waals surface area contributed by atoms with Crippen molar-refractivity contribution in [3.63, 3.8) is 0 Å². The van der Waals surface area contributed by atoms with Gasteiger partial charge in [0.05, 0.1) is 0 Å². The summed E-state index contributed by atoms with van der Waals surface area (Å²) in [6, 6.07) is 16.4. The van der Waals surface area contributed by atoms with Gasteiger partial charge < -0.3 is 10.6 Å². The molecular weight excluding hydrogens is 399 g/mol. The largest absolute Gasteiger partial charge is 0.357 e. The SMILES string of the molecule is CCNC(=NCCc1ccccn1)NCCc1ccccc1.I. The van der Waals surface area contributed by atoms with Crippen molar-refractivity contribution >= 4 is 29.9 Å². The van der Waals surface area contributed by atoms with Gasteiger partial charge in [0.15, 0.2) is 5.96 Å². The van der Waals surface area contributed by atoms with Crippen LogP contribution in [0.4, 0.5) is 0 Å². The van der Waals surface area contributed by atoms with Crippen molar-refractivity contribution in [1.82, 2.24) is 15.6 Å². The fourth-order valence-electron chi connectivity index (χ4n) is 2.14. The van der Waals surface area contributed by atoms with Gasteiger partial charge >= 0.3 is 0 Å². The van der Waals surface area contributed by atoms with E-state index in [0.29, 0.717) is 0 Å². The van der Waals surface area contributed by atoms with E-state index in [4.69, 9.17) is 0 Å². The number of halogens is 1. The summed E-state index contributed by atoms with van der Waals surface area (Å²) < 4.78 is 0. The predicted molar refractivity (Wildman–Crippen MR) is 107 cm³/mol. The molecule has 124 valence electrons. The quantitative estimate of drug-likeness (QED) is 0.408. The van der Waals surface area contributed by atoms with Crippen LogP contribution in [0.3, 0.4) is 0 Å². The highest BCUT2D eigenvalue weighted by Gasteiger charge is 1.98. The molecule has 2 aromatic rings. The molecule has 4 nitrogen and oxygen atoms in total. The van der Waals surface area contributed by atoms with Crippen molar-refractivity contribution in [3.8, 4) is 0 Å². The van der Waals surface area contributed by atoms with Crippen molar-refractivity contribution in [1.29, 1.82) is 0 Å². The van der Waals surface area contributed by atoms with Crippen molar-refractivity contribution < 1.29 is 0 Å². The van der Waals surface area contributed by atoms with Crippen molar-refractivity contribution in [3.05, 3.63) is 66.0 Å². The molecule has 1 aromatic heterocycles. The summed E-state index contributed by atoms with van der Waals surface area (Å²) in [5.41, 5.74) is 2.41. The molecule has 0 aliphatic heterocycles. The minimum Gasteiger partial charge on any atom is -0.357 e. The summed E-state index contributed by atoms with van der Waals surface area (Å²) in [5.74, 6) is 0.870. The van der Waals surface area contributed by atoms with Crippen molar-refractivity contribution in [2.24, 2.45) is 4.99 Å². The highest BCUT2D eigenvalue weighted by molar-refractivity contribution is 14.0. The number of aromatic nitrogens is 1. The molecule has 23 heavy (non-hydrogen) atoms. The third kappa shape index (κ3) is 7.97. The summed E-state index contributed by atoms with van der Waals surface area (Å²) in [5, 5.41) is 6.65. The molecule has 0 bridgehead atoms. The zero-order valence-corrected chi connectivity index (χ0v) is 15.9. The number of guanidine groups is 1. The molecular formula is C18H25IN4. The van der Waals surface area contributed by atoms with Gasteiger partial charge in [0, 0.05) is 37.9 Å². The number of benzene rings is 1. The number of hydrogen-bond acceptors (Lipinski definition) is 2. The van der Waals surface area contributed by atoms with Gasteiger partial charge in [-0.2, -0.15) is 0 Å². The van der Waals surface area contributed by atoms with Crippen LogP contribution < -0.4 is 10.6 Å². The van der Waals surface area contributed by atoms with Crippen LogP contribution in [0.1, 0.15) is 18.2 Å². The van der Waals surface area contributed by atoms with Gasteiger partial charge in [-0.3, -0.25) is 9.98 Å². The molecule has 0 aliphatic rings. The van der Waals surface area contributed by atoms with E-state index in [9.17, 15) is 0 Å². The average Bonchev–Trinajstić information content (AvgIpc) is 2.57. The lowest BCUT2D eigenvalue weighted by molar-refractivity contribution is 0.794. The predicted octanol–water partition coefficient (Wildman–Crippen LogP) is 3.04. The topological polar surface area (TPSA) is 49.3 Å². The molecule has 2 rings (SSSR count). The van der Waals surface area contributed by atoms with Crippen molar-refractivity contribution in [2.45, 2.75) is 19.8 Å². The van der Waals surface area contributed by atoms with Gasteiger partial charge in [0.1, 0.15) is 0 Å². The van der Waals surface area contributed by atoms with Gasteiger partial charge in [-0.1, -0.05) is 36.4 Å². The van der Waals surface area contributed by atoms with E-state index in [-0.39, 0.29) is 24.0 Å². The Bertz CT molecular complexity index is 558. The van der Waals surface area contributed by atoms with E-state index in [1.165, 1.54) is 5.56 Å². The highest BCUT2D eigenvalue weighted by Crippen LogP contribution is 1.98. The fraction of sp³-hybridized carbons (Fsp3) is 0.333. The molecule has 0 spiro atoms. The maximum Gasteiger partial charge on any atom is 0.191 e. The highest BCUT2D eigenvalue weighted by atomic mass is 127. The molecule has 1 aromatic carbocycles. The smallest absolute Gasteiger partial charge is 0.191 e. The zero-order chi connectivity index (χ0) is 15.5. The zero-order valence-electron chi connectivity index (χ0n) is 13.5. The Kier molecular flexibility index (Phi) is 10.0. The standard InChI is InChI=1S/C18H24N4.HI/c1-2-19-18(21-14-11-16-8-4-3-5-9-16)22-15-12-17-10-6-7-13-20-17;/h3-10,13H,2,11-12,14-15H2,1H3,(H2,19,21,22);1H. The van der Waals surface area contributed by atoms with E-state index >= 15 is 0 Å². The van der Waals surface area contributed by atoms with E-state index in [1.807, 2.05) is 30.5 Å². The molecule has 1 heterocycles. The number of rotatable bonds is 7. The van der Waals surface area contributed by atoms with Gasteiger partial charge in [0.2, 0.25) is 0 Å². The third-order valence-corrected chi connectivity index (χ3v) is 3.26. The number of nitrogens with zero attached hydrogens (tertiary/aromatic N) is 2. The molecule has 0 unspecified atom stereocenters. The summed E-state index contributed by atoms with van der Waals surface area (Å²) in [7, 11) is 0. The van der Waals surface area contributed by atoms with Crippen molar-refractivity contribution in [2.75, 3.05) is 19.6 Å². The molecule has 0 fully saturated rings. The van der Waals surface area contributed by atoms with Crippen LogP contribution in [-0.2, 0) is 12.8 Å². The lowest BCUT2D eigenvalue weighted by Gasteiger charge is -2.11. The molecule has 0 amide bonds. The van der Waals surface area contributed by atoms with Crippen LogP contribution in [-0.4, -0.2) is 30.6 Å². The minimum atomic E-state index is 0. The average molecular weight is 424 g/mol. The van der Waals surface area contributed by atoms with Crippen LogP contribution in [0.2, 0.25) is 0 Å². The third-order valence-electron chi connectivity index (χ3n) is 3.26. The Morgan fingerprint density at radius 3 is 2.48 bits per heavy atom. The summed E-state index contributed by atoms with van der Waals surface area (Å²) in [6.45, 7) is 4.55. The first-order valence-corrected chi connectivity index (χ1v) is 7.84. The minimum absolute atomic E-state index is 0. The Hall–Kier alpha value is -1.63. The second kappa shape index (κ2) is 11.9. The molecule has 5 heteroatoms. The molecule has 0 saturated heterocycles. The van der Waals surface area contributed by atoms with Gasteiger partial charge in [-0.05, 0) is 31.0 Å². The van der Waals surface area contributed by atoms with Crippen LogP contribution in [0.5, 0.6) is 0 Å². The number of nitrogens with one attached hydrogen (secondary N) is 2. The van der Waals surface area contributed by atoms with Gasteiger partial charge in [-0.25, -0.2) is 0 Å². The molecule has 0 atom stereocenters. The van der Waals surface area contributed by atoms with Crippen LogP contribution in [0, 0.1) is 0 Å². The molecule has 0 aliphatic carbocycles. The fourth-order valence-corrected chi connectivity index (χ4v) is 2.14. The van der Waals surface area contributed by atoms with Crippen LogP contribution in [0.15, 0.2) is 59.7 Å². The summed E-state index contributed by atoms with van der Waals surface area (Å²) in [4.78, 5) is 8.91. The van der Waals surface area contributed by atoms with Gasteiger partial charge in [0.25, 0.3) is 0 Å². The van der Waals surface area contributed by atoms with E-state index < -0.39 is 0 Å². The lowest BCUT2D eigenvalue weighted by atomic mass is 10.1. The maximum absolute atomic E-state index is 4.59. The summed E-state index contributed by atoms with van der Waals surface area (Å²) in [6.07, 6.45) is 3.67. The molecule has 0 radical (unpaired) electrons. The van der Waals surface area contributed by atoms with E-state index in [2.05, 4.69) is 51.8 Å². The monoisotopic (exact) mass is 424 g/mol. The second-order valence-electron chi connectivity index (χ2n) is 4.99. The lowest BCUT2D eigenvalue weighted by Crippen LogP contribution is -2.38. The first kappa shape index (κ1) is 19.4. The number of aliphatic imine (C=N–C) groups is 1. The van der Waals surface area contributed by atoms with Crippen LogP contribution in [0.25, 0.3) is 0 Å². The Morgan fingerprint density at radius 1 is 1.00 bits per heavy atom. The first-order valence-electron chi connectivity index (χ1n) is 7.84. The number of pyridine rings is 1. The Labute approximate surface area is 155 Å². The second-order valence-corrected chi connectivity index (χ2v) is 4.99. The van der Waals surface area contributed by atoms with E-state index in [0.717, 1.165) is 44.1 Å². The van der Waals surface area contributed by atoms with Crippen LogP contribution >= 0.6 is 24.0 Å². The van der Waals surface area contributed by atoms with Gasteiger partial charge in [-0.15, -0.1) is 24.0 Å². The van der Waals surface area contributed by atoms with E-state index in [1.54, 1.807) is 0 Å². The molecule has 0 saturated carbocycles. The molecule has 2 N–H and O–H groups in total. The normalized spacial score (nSPS) is 10.7.